The lowest BCUT2D eigenvalue weighted by atomic mass is 9.97. The van der Waals surface area contributed by atoms with E-state index in [2.05, 4.69) is 49.2 Å². The predicted octanol–water partition coefficient (Wildman–Crippen LogP) is 3.51. The fraction of sp³-hybridized carbons (Fsp3) is 0.304. The van der Waals surface area contributed by atoms with Crippen LogP contribution in [-0.2, 0) is 17.9 Å². The van der Waals surface area contributed by atoms with E-state index in [1.165, 1.54) is 22.8 Å². The van der Waals surface area contributed by atoms with Crippen molar-refractivity contribution in [2.75, 3.05) is 13.7 Å². The topological polar surface area (TPSA) is 62.6 Å². The van der Waals surface area contributed by atoms with Crippen LogP contribution in [0.4, 0.5) is 0 Å². The monoisotopic (exact) mass is 392 g/mol. The Bertz CT molecular complexity index is 1070. The summed E-state index contributed by atoms with van der Waals surface area (Å²) in [7, 11) is 1.59. The number of fused-ring (bicyclic) bond motifs is 1. The number of rotatable bonds is 6. The maximum atomic E-state index is 11.7. The van der Waals surface area contributed by atoms with Crippen LogP contribution >= 0.6 is 0 Å². The van der Waals surface area contributed by atoms with E-state index in [0.717, 1.165) is 17.0 Å². The number of methoxy groups -OCH3 is 1. The van der Waals surface area contributed by atoms with Crippen molar-refractivity contribution in [3.63, 3.8) is 0 Å². The van der Waals surface area contributed by atoms with Gasteiger partial charge < -0.3 is 14.2 Å². The Balaban J connectivity index is 1.42. The van der Waals surface area contributed by atoms with Gasteiger partial charge in [-0.15, -0.1) is 0 Å². The van der Waals surface area contributed by atoms with E-state index in [1.807, 2.05) is 16.7 Å². The minimum Gasteiger partial charge on any atom is -0.490 e. The predicted molar refractivity (Wildman–Crippen MR) is 110 cm³/mol. The molecule has 0 N–H and O–H groups in total. The first kappa shape index (κ1) is 19.2. The van der Waals surface area contributed by atoms with Crippen LogP contribution in [0.5, 0.6) is 11.8 Å². The summed E-state index contributed by atoms with van der Waals surface area (Å²) in [6.45, 7) is 5.54. The standard InChI is InChI=1S/C23H24N2O4/c1-15-5-4-6-21(16(15)2)17-7-9-19(10-8-17)28-14-20-12-25-18(13-27-3)11-22(26)24-23(25)29-20/h4-11,20H,12-14H2,1-3H3. The van der Waals surface area contributed by atoms with Gasteiger partial charge in [0.15, 0.2) is 6.10 Å². The number of ether oxygens (including phenoxy) is 3. The van der Waals surface area contributed by atoms with E-state index in [0.29, 0.717) is 25.8 Å². The maximum Gasteiger partial charge on any atom is 0.300 e. The molecule has 2 heterocycles. The van der Waals surface area contributed by atoms with E-state index in [4.69, 9.17) is 14.2 Å². The van der Waals surface area contributed by atoms with E-state index in [-0.39, 0.29) is 11.7 Å². The molecular formula is C23H24N2O4. The Morgan fingerprint density at radius 3 is 2.72 bits per heavy atom. The fourth-order valence-corrected chi connectivity index (χ4v) is 3.54. The van der Waals surface area contributed by atoms with E-state index in [1.54, 1.807) is 7.11 Å². The zero-order valence-electron chi connectivity index (χ0n) is 16.8. The number of aromatic nitrogens is 2. The summed E-state index contributed by atoms with van der Waals surface area (Å²) in [5.41, 5.74) is 5.38. The highest BCUT2D eigenvalue weighted by molar-refractivity contribution is 5.68. The van der Waals surface area contributed by atoms with Crippen LogP contribution in [0.2, 0.25) is 0 Å². The lowest BCUT2D eigenvalue weighted by molar-refractivity contribution is 0.143. The molecule has 1 atom stereocenters. The van der Waals surface area contributed by atoms with Crippen LogP contribution in [-0.4, -0.2) is 29.4 Å². The third-order valence-electron chi connectivity index (χ3n) is 5.23. The van der Waals surface area contributed by atoms with Crippen molar-refractivity contribution >= 4 is 0 Å². The summed E-state index contributed by atoms with van der Waals surface area (Å²) in [4.78, 5) is 15.6. The number of benzene rings is 2. The normalized spacial score (nSPS) is 15.1. The van der Waals surface area contributed by atoms with Crippen molar-refractivity contribution in [3.8, 4) is 22.9 Å². The van der Waals surface area contributed by atoms with Crippen molar-refractivity contribution < 1.29 is 14.2 Å². The quantitative estimate of drug-likeness (QED) is 0.642. The third-order valence-corrected chi connectivity index (χ3v) is 5.23. The molecular weight excluding hydrogens is 368 g/mol. The first-order chi connectivity index (χ1) is 14.0. The van der Waals surface area contributed by atoms with Crippen LogP contribution in [0.3, 0.4) is 0 Å². The molecule has 1 aliphatic rings. The maximum absolute atomic E-state index is 11.7. The van der Waals surface area contributed by atoms with Crippen LogP contribution in [0.1, 0.15) is 16.8 Å². The molecule has 0 spiro atoms. The van der Waals surface area contributed by atoms with Crippen molar-refractivity contribution in [1.29, 1.82) is 0 Å². The number of aryl methyl sites for hydroxylation is 1. The number of hydrogen-bond acceptors (Lipinski definition) is 5. The average molecular weight is 392 g/mol. The van der Waals surface area contributed by atoms with Gasteiger partial charge in [0.05, 0.1) is 18.8 Å². The molecule has 29 heavy (non-hydrogen) atoms. The van der Waals surface area contributed by atoms with Gasteiger partial charge in [-0.2, -0.15) is 4.98 Å². The molecule has 150 valence electrons. The van der Waals surface area contributed by atoms with Crippen LogP contribution in [0.25, 0.3) is 11.1 Å². The van der Waals surface area contributed by atoms with Gasteiger partial charge in [-0.1, -0.05) is 30.3 Å². The lowest BCUT2D eigenvalue weighted by Crippen LogP contribution is -2.23. The number of nitrogens with zero attached hydrogens (tertiary/aromatic N) is 2. The molecule has 0 saturated heterocycles. The zero-order valence-corrected chi connectivity index (χ0v) is 16.8. The summed E-state index contributed by atoms with van der Waals surface area (Å²) < 4.78 is 18.7. The van der Waals surface area contributed by atoms with Gasteiger partial charge in [-0.3, -0.25) is 9.36 Å². The molecule has 6 heteroatoms. The van der Waals surface area contributed by atoms with Crippen LogP contribution in [0.15, 0.2) is 53.3 Å². The summed E-state index contributed by atoms with van der Waals surface area (Å²) in [5, 5.41) is 0. The second-order valence-electron chi connectivity index (χ2n) is 7.23. The Morgan fingerprint density at radius 2 is 1.97 bits per heavy atom. The lowest BCUT2D eigenvalue weighted by Gasteiger charge is -2.13. The molecule has 1 unspecified atom stereocenters. The highest BCUT2D eigenvalue weighted by Gasteiger charge is 2.26. The van der Waals surface area contributed by atoms with Gasteiger partial charge in [-0.25, -0.2) is 0 Å². The third kappa shape index (κ3) is 4.03. The average Bonchev–Trinajstić information content (AvgIpc) is 3.12. The zero-order chi connectivity index (χ0) is 20.4. The molecule has 1 aliphatic heterocycles. The molecule has 3 aromatic rings. The number of hydrogen-bond donors (Lipinski definition) is 0. The van der Waals surface area contributed by atoms with Crippen molar-refractivity contribution in [3.05, 3.63) is 75.7 Å². The van der Waals surface area contributed by atoms with Crippen LogP contribution in [0, 0.1) is 13.8 Å². The highest BCUT2D eigenvalue weighted by Crippen LogP contribution is 2.27. The van der Waals surface area contributed by atoms with E-state index >= 15 is 0 Å². The molecule has 0 amide bonds. The minimum absolute atomic E-state index is 0.210. The molecule has 1 aromatic heterocycles. The largest absolute Gasteiger partial charge is 0.490 e. The molecule has 0 aliphatic carbocycles. The summed E-state index contributed by atoms with van der Waals surface area (Å²) >= 11 is 0. The van der Waals surface area contributed by atoms with Crippen LogP contribution < -0.4 is 15.0 Å². The first-order valence-corrected chi connectivity index (χ1v) is 9.61. The van der Waals surface area contributed by atoms with Gasteiger partial charge in [0.2, 0.25) is 0 Å². The first-order valence-electron chi connectivity index (χ1n) is 9.61. The summed E-state index contributed by atoms with van der Waals surface area (Å²) in [6.07, 6.45) is -0.210. The van der Waals surface area contributed by atoms with Gasteiger partial charge in [-0.05, 0) is 48.2 Å². The van der Waals surface area contributed by atoms with Gasteiger partial charge in [0, 0.05) is 13.2 Å². The molecule has 0 radical (unpaired) electrons. The molecule has 4 rings (SSSR count). The second kappa shape index (κ2) is 8.09. The molecule has 0 bridgehead atoms. The van der Waals surface area contributed by atoms with Gasteiger partial charge >= 0.3 is 6.01 Å². The van der Waals surface area contributed by atoms with Gasteiger partial charge in [0.25, 0.3) is 5.56 Å². The summed E-state index contributed by atoms with van der Waals surface area (Å²) in [5.74, 6) is 0.776. The fourth-order valence-electron chi connectivity index (χ4n) is 3.54. The Hall–Kier alpha value is -3.12. The molecule has 2 aromatic carbocycles. The van der Waals surface area contributed by atoms with Crippen molar-refractivity contribution in [2.24, 2.45) is 0 Å². The summed E-state index contributed by atoms with van der Waals surface area (Å²) in [6, 6.07) is 16.2. The Kier molecular flexibility index (Phi) is 5.36. The van der Waals surface area contributed by atoms with Crippen molar-refractivity contribution in [2.45, 2.75) is 33.1 Å². The van der Waals surface area contributed by atoms with E-state index in [9.17, 15) is 4.79 Å². The van der Waals surface area contributed by atoms with Crippen molar-refractivity contribution in [1.82, 2.24) is 9.55 Å². The Labute approximate surface area is 169 Å². The Morgan fingerprint density at radius 1 is 1.17 bits per heavy atom. The molecule has 6 nitrogen and oxygen atoms in total. The molecule has 0 fully saturated rings. The highest BCUT2D eigenvalue weighted by atomic mass is 16.6. The second-order valence-corrected chi connectivity index (χ2v) is 7.23. The van der Waals surface area contributed by atoms with Gasteiger partial charge in [0.1, 0.15) is 12.4 Å². The minimum atomic E-state index is -0.327. The molecule has 0 saturated carbocycles. The van der Waals surface area contributed by atoms with E-state index < -0.39 is 0 Å². The smallest absolute Gasteiger partial charge is 0.300 e. The SMILES string of the molecule is COCc1cc(=O)nc2n1CC(COc1ccc(-c3cccc(C)c3C)cc1)O2.